The van der Waals surface area contributed by atoms with Crippen molar-refractivity contribution in [2.24, 2.45) is 0 Å². The van der Waals surface area contributed by atoms with Crippen molar-refractivity contribution < 1.29 is 4.79 Å². The smallest absolute Gasteiger partial charge is 0.267 e. The second-order valence-corrected chi connectivity index (χ2v) is 6.74. The van der Waals surface area contributed by atoms with Gasteiger partial charge in [0.15, 0.2) is 0 Å². The standard InChI is InChI=1S/C16H16N4O2S2/c1-3-17-13-10(9-11-15(22)19(4-2)16(23)24-11)14(21)20-8-6-5-7-12(20)18-13/h5-9,17H,3-4H2,1-2H3/b11-9+. The minimum Gasteiger partial charge on any atom is -0.370 e. The molecule has 2 aromatic heterocycles. The summed E-state index contributed by atoms with van der Waals surface area (Å²) in [5, 5.41) is 3.10. The number of carbonyl (C=O) groups is 1. The molecule has 1 aliphatic rings. The molecule has 124 valence electrons. The molecule has 0 aromatic carbocycles. The maximum Gasteiger partial charge on any atom is 0.267 e. The molecule has 0 atom stereocenters. The third kappa shape index (κ3) is 2.83. The van der Waals surface area contributed by atoms with Crippen LogP contribution in [0.1, 0.15) is 19.4 Å². The second kappa shape index (κ2) is 6.74. The number of carbonyl (C=O) groups excluding carboxylic acids is 1. The number of hydrogen-bond acceptors (Lipinski definition) is 6. The molecule has 0 radical (unpaired) electrons. The summed E-state index contributed by atoms with van der Waals surface area (Å²) in [6, 6.07) is 5.36. The Morgan fingerprint density at radius 3 is 2.79 bits per heavy atom. The minimum absolute atomic E-state index is 0.174. The number of likely N-dealkylation sites (N-methyl/N-ethyl adjacent to an activating group) is 1. The van der Waals surface area contributed by atoms with Gasteiger partial charge in [-0.15, -0.1) is 0 Å². The largest absolute Gasteiger partial charge is 0.370 e. The summed E-state index contributed by atoms with van der Waals surface area (Å²) in [7, 11) is 0. The average Bonchev–Trinajstić information content (AvgIpc) is 2.84. The zero-order valence-electron chi connectivity index (χ0n) is 13.3. The van der Waals surface area contributed by atoms with Crippen molar-refractivity contribution in [3.05, 3.63) is 45.2 Å². The molecular weight excluding hydrogens is 344 g/mol. The Balaban J connectivity index is 2.18. The first-order valence-corrected chi connectivity index (χ1v) is 8.80. The number of amides is 1. The number of hydrogen-bond donors (Lipinski definition) is 1. The highest BCUT2D eigenvalue weighted by molar-refractivity contribution is 8.26. The summed E-state index contributed by atoms with van der Waals surface area (Å²) in [5.41, 5.74) is 0.687. The summed E-state index contributed by atoms with van der Waals surface area (Å²) in [4.78, 5) is 31.7. The lowest BCUT2D eigenvalue weighted by molar-refractivity contribution is -0.121. The van der Waals surface area contributed by atoms with Gasteiger partial charge in [0.05, 0.1) is 10.5 Å². The number of fused-ring (bicyclic) bond motifs is 1. The lowest BCUT2D eigenvalue weighted by atomic mass is 10.2. The molecule has 2 aromatic rings. The number of pyridine rings is 1. The second-order valence-electron chi connectivity index (χ2n) is 5.06. The van der Waals surface area contributed by atoms with Crippen LogP contribution in [0.15, 0.2) is 34.1 Å². The van der Waals surface area contributed by atoms with Crippen LogP contribution in [0, 0.1) is 0 Å². The van der Waals surface area contributed by atoms with E-state index in [9.17, 15) is 9.59 Å². The molecule has 1 fully saturated rings. The van der Waals surface area contributed by atoms with E-state index in [4.69, 9.17) is 12.2 Å². The summed E-state index contributed by atoms with van der Waals surface area (Å²) < 4.78 is 1.97. The summed E-state index contributed by atoms with van der Waals surface area (Å²) in [6.07, 6.45) is 3.25. The number of rotatable bonds is 4. The van der Waals surface area contributed by atoms with Crippen molar-refractivity contribution in [1.29, 1.82) is 0 Å². The zero-order chi connectivity index (χ0) is 17.3. The van der Waals surface area contributed by atoms with Gasteiger partial charge in [0, 0.05) is 19.3 Å². The molecule has 24 heavy (non-hydrogen) atoms. The number of anilines is 1. The summed E-state index contributed by atoms with van der Waals surface area (Å²) in [5.74, 6) is 0.294. The molecule has 0 saturated carbocycles. The van der Waals surface area contributed by atoms with E-state index >= 15 is 0 Å². The third-order valence-electron chi connectivity index (χ3n) is 3.58. The maximum atomic E-state index is 12.8. The van der Waals surface area contributed by atoms with Crippen LogP contribution in [0.5, 0.6) is 0 Å². The van der Waals surface area contributed by atoms with Crippen molar-refractivity contribution in [1.82, 2.24) is 14.3 Å². The quantitative estimate of drug-likeness (QED) is 0.667. The number of nitrogens with zero attached hydrogens (tertiary/aromatic N) is 3. The predicted molar refractivity (Wildman–Crippen MR) is 101 cm³/mol. The molecule has 0 unspecified atom stereocenters. The Kier molecular flexibility index (Phi) is 4.68. The van der Waals surface area contributed by atoms with Crippen LogP contribution < -0.4 is 10.9 Å². The van der Waals surface area contributed by atoms with Crippen LogP contribution in [0.3, 0.4) is 0 Å². The van der Waals surface area contributed by atoms with Gasteiger partial charge in [0.2, 0.25) is 0 Å². The highest BCUT2D eigenvalue weighted by Gasteiger charge is 2.31. The normalized spacial score (nSPS) is 16.4. The van der Waals surface area contributed by atoms with Crippen molar-refractivity contribution in [2.45, 2.75) is 13.8 Å². The first kappa shape index (κ1) is 16.7. The average molecular weight is 360 g/mol. The van der Waals surface area contributed by atoms with Gasteiger partial charge in [0.25, 0.3) is 11.5 Å². The van der Waals surface area contributed by atoms with Crippen molar-refractivity contribution in [3.8, 4) is 0 Å². The van der Waals surface area contributed by atoms with Gasteiger partial charge in [-0.05, 0) is 32.1 Å². The fourth-order valence-corrected chi connectivity index (χ4v) is 3.80. The number of aromatic nitrogens is 2. The van der Waals surface area contributed by atoms with E-state index < -0.39 is 0 Å². The first-order chi connectivity index (χ1) is 11.6. The van der Waals surface area contributed by atoms with Crippen LogP contribution in [0.2, 0.25) is 0 Å². The monoisotopic (exact) mass is 360 g/mol. The fraction of sp³-hybridized carbons (Fsp3) is 0.250. The Morgan fingerprint density at radius 1 is 1.33 bits per heavy atom. The molecule has 0 spiro atoms. The van der Waals surface area contributed by atoms with Crippen molar-refractivity contribution in [3.63, 3.8) is 0 Å². The molecule has 6 nitrogen and oxygen atoms in total. The van der Waals surface area contributed by atoms with Crippen LogP contribution in [0.25, 0.3) is 11.7 Å². The highest BCUT2D eigenvalue weighted by Crippen LogP contribution is 2.32. The minimum atomic E-state index is -0.224. The molecule has 1 amide bonds. The molecule has 3 rings (SSSR count). The fourth-order valence-electron chi connectivity index (χ4n) is 2.44. The third-order valence-corrected chi connectivity index (χ3v) is 4.96. The van der Waals surface area contributed by atoms with E-state index in [2.05, 4.69) is 10.3 Å². The molecule has 1 aliphatic heterocycles. The van der Waals surface area contributed by atoms with Crippen molar-refractivity contribution in [2.75, 3.05) is 18.4 Å². The highest BCUT2D eigenvalue weighted by atomic mass is 32.2. The molecule has 0 aliphatic carbocycles. The maximum absolute atomic E-state index is 12.8. The topological polar surface area (TPSA) is 66.7 Å². The number of thioether (sulfide) groups is 1. The number of thiocarbonyl (C=S) groups is 1. The Bertz CT molecular complexity index is 920. The van der Waals surface area contributed by atoms with E-state index in [1.807, 2.05) is 19.9 Å². The van der Waals surface area contributed by atoms with E-state index in [1.165, 1.54) is 21.1 Å². The number of nitrogens with one attached hydrogen (secondary N) is 1. The van der Waals surface area contributed by atoms with E-state index in [1.54, 1.807) is 24.4 Å². The van der Waals surface area contributed by atoms with Crippen LogP contribution in [0.4, 0.5) is 5.82 Å². The Morgan fingerprint density at radius 2 is 2.12 bits per heavy atom. The zero-order valence-corrected chi connectivity index (χ0v) is 14.9. The lowest BCUT2D eigenvalue weighted by Gasteiger charge is -2.10. The van der Waals surface area contributed by atoms with Gasteiger partial charge in [-0.2, -0.15) is 0 Å². The SMILES string of the molecule is CCNc1nc2ccccn2c(=O)c1/C=C1/SC(=S)N(CC)C1=O. The molecule has 1 N–H and O–H groups in total. The summed E-state index contributed by atoms with van der Waals surface area (Å²) >= 11 is 6.42. The van der Waals surface area contributed by atoms with Crippen molar-refractivity contribution >= 4 is 51.7 Å². The van der Waals surface area contributed by atoms with E-state index in [0.717, 1.165) is 0 Å². The van der Waals surface area contributed by atoms with Crippen LogP contribution >= 0.6 is 24.0 Å². The van der Waals surface area contributed by atoms with Gasteiger partial charge < -0.3 is 5.32 Å². The van der Waals surface area contributed by atoms with E-state index in [-0.39, 0.29) is 11.5 Å². The Hall–Kier alpha value is -2.19. The summed E-state index contributed by atoms with van der Waals surface area (Å²) in [6.45, 7) is 4.92. The molecule has 1 saturated heterocycles. The molecule has 0 bridgehead atoms. The molecular formula is C16H16N4O2S2. The Labute approximate surface area is 148 Å². The molecule has 8 heteroatoms. The van der Waals surface area contributed by atoms with Crippen LogP contribution in [-0.4, -0.2) is 37.6 Å². The van der Waals surface area contributed by atoms with Gasteiger partial charge in [-0.1, -0.05) is 30.0 Å². The lowest BCUT2D eigenvalue weighted by Crippen LogP contribution is -2.27. The molecule has 3 heterocycles. The van der Waals surface area contributed by atoms with Gasteiger partial charge >= 0.3 is 0 Å². The van der Waals surface area contributed by atoms with Gasteiger partial charge in [-0.25, -0.2) is 4.98 Å². The predicted octanol–water partition coefficient (Wildman–Crippen LogP) is 2.35. The van der Waals surface area contributed by atoms with Crippen LogP contribution in [-0.2, 0) is 4.79 Å². The van der Waals surface area contributed by atoms with E-state index in [0.29, 0.717) is 39.3 Å². The van der Waals surface area contributed by atoms with Gasteiger partial charge in [0.1, 0.15) is 15.8 Å². The first-order valence-electron chi connectivity index (χ1n) is 7.57. The van der Waals surface area contributed by atoms with Gasteiger partial charge in [-0.3, -0.25) is 18.9 Å².